The second kappa shape index (κ2) is 5.45. The zero-order valence-corrected chi connectivity index (χ0v) is 10.8. The molecule has 5 heteroatoms. The van der Waals surface area contributed by atoms with E-state index in [-0.39, 0.29) is 17.9 Å². The molecule has 88 valence electrons. The minimum atomic E-state index is -1.01. The van der Waals surface area contributed by atoms with Crippen LogP contribution >= 0.6 is 11.6 Å². The largest absolute Gasteiger partial charge is 0.466 e. The summed E-state index contributed by atoms with van der Waals surface area (Å²) in [4.78, 5) is 10.2. The van der Waals surface area contributed by atoms with Gasteiger partial charge < -0.3 is 4.74 Å². The lowest BCUT2D eigenvalue weighted by molar-refractivity contribution is -0.143. The minimum Gasteiger partial charge on any atom is -0.466 e. The molecule has 1 unspecified atom stereocenters. The van der Waals surface area contributed by atoms with Gasteiger partial charge in [-0.1, -0.05) is 11.6 Å². The monoisotopic (exact) mass is 234 g/mol. The predicted molar refractivity (Wildman–Crippen MR) is 60.1 cm³/mol. The summed E-state index contributed by atoms with van der Waals surface area (Å²) in [6, 6.07) is 0. The highest BCUT2D eigenvalue weighted by Crippen LogP contribution is 2.24. The Morgan fingerprint density at radius 1 is 1.27 bits per heavy atom. The van der Waals surface area contributed by atoms with Crippen LogP contribution in [0.15, 0.2) is 10.2 Å². The van der Waals surface area contributed by atoms with Crippen LogP contribution in [0.5, 0.6) is 0 Å². The lowest BCUT2D eigenvalue weighted by Gasteiger charge is -2.17. The van der Waals surface area contributed by atoms with Gasteiger partial charge in [-0.2, -0.15) is 10.2 Å². The standard InChI is InChI=1S/C10H19ClN2O2/c1-6-15-8(14)7-10(5,11)13-12-9(2,3)4/h6-7H2,1-5H3/b13-12+. The molecule has 0 aromatic rings. The Kier molecular flexibility index (Phi) is 5.21. The molecule has 0 aliphatic rings. The smallest absolute Gasteiger partial charge is 0.309 e. The van der Waals surface area contributed by atoms with E-state index >= 15 is 0 Å². The maximum atomic E-state index is 11.2. The molecule has 0 aliphatic carbocycles. The number of hydrogen-bond donors (Lipinski definition) is 0. The van der Waals surface area contributed by atoms with E-state index in [1.165, 1.54) is 0 Å². The van der Waals surface area contributed by atoms with Crippen molar-refractivity contribution < 1.29 is 9.53 Å². The van der Waals surface area contributed by atoms with Gasteiger partial charge in [0.25, 0.3) is 0 Å². The van der Waals surface area contributed by atoms with Crippen LogP contribution in [0, 0.1) is 0 Å². The fraction of sp³-hybridized carbons (Fsp3) is 0.900. The third-order valence-electron chi connectivity index (χ3n) is 1.33. The van der Waals surface area contributed by atoms with Gasteiger partial charge in [0.1, 0.15) is 0 Å². The summed E-state index contributed by atoms with van der Waals surface area (Å²) in [5.41, 5.74) is -0.287. The number of esters is 1. The summed E-state index contributed by atoms with van der Waals surface area (Å²) in [7, 11) is 0. The summed E-state index contributed by atoms with van der Waals surface area (Å²) in [6.07, 6.45) is 0.0297. The summed E-state index contributed by atoms with van der Waals surface area (Å²) in [5.74, 6) is -0.358. The lowest BCUT2D eigenvalue weighted by Crippen LogP contribution is -2.21. The number of nitrogens with zero attached hydrogens (tertiary/aromatic N) is 2. The molecule has 0 aromatic carbocycles. The van der Waals surface area contributed by atoms with E-state index in [0.717, 1.165) is 0 Å². The number of halogens is 1. The average molecular weight is 235 g/mol. The van der Waals surface area contributed by atoms with E-state index in [1.807, 2.05) is 20.8 Å². The summed E-state index contributed by atoms with van der Waals surface area (Å²) in [6.45, 7) is 9.47. The fourth-order valence-corrected chi connectivity index (χ4v) is 0.912. The lowest BCUT2D eigenvalue weighted by atomic mass is 10.1. The van der Waals surface area contributed by atoms with Gasteiger partial charge in [-0.15, -0.1) is 0 Å². The van der Waals surface area contributed by atoms with Gasteiger partial charge in [-0.05, 0) is 34.6 Å². The maximum Gasteiger partial charge on any atom is 0.309 e. The Morgan fingerprint density at radius 2 is 1.80 bits per heavy atom. The molecule has 0 spiro atoms. The molecular weight excluding hydrogens is 216 g/mol. The first-order valence-electron chi connectivity index (χ1n) is 4.95. The molecule has 0 rings (SSSR count). The van der Waals surface area contributed by atoms with Gasteiger partial charge in [-0.3, -0.25) is 4.79 Å². The number of alkyl halides is 1. The zero-order valence-electron chi connectivity index (χ0n) is 10.0. The van der Waals surface area contributed by atoms with Crippen LogP contribution in [0.25, 0.3) is 0 Å². The minimum absolute atomic E-state index is 0.0297. The molecule has 0 heterocycles. The number of ether oxygens (including phenoxy) is 1. The highest BCUT2D eigenvalue weighted by Gasteiger charge is 2.26. The first-order valence-corrected chi connectivity index (χ1v) is 5.33. The van der Waals surface area contributed by atoms with Gasteiger partial charge >= 0.3 is 5.97 Å². The van der Waals surface area contributed by atoms with Crippen molar-refractivity contribution in [3.8, 4) is 0 Å². The van der Waals surface area contributed by atoms with Crippen molar-refractivity contribution in [2.24, 2.45) is 10.2 Å². The van der Waals surface area contributed by atoms with Crippen LogP contribution in [-0.4, -0.2) is 23.1 Å². The third-order valence-corrected chi connectivity index (χ3v) is 1.54. The molecule has 0 saturated heterocycles. The Morgan fingerprint density at radius 3 is 2.20 bits per heavy atom. The SMILES string of the molecule is CCOC(=O)CC(C)(Cl)/N=N/C(C)(C)C. The molecule has 0 aromatic heterocycles. The molecule has 1 atom stereocenters. The van der Waals surface area contributed by atoms with E-state index in [2.05, 4.69) is 10.2 Å². The molecule has 4 nitrogen and oxygen atoms in total. The van der Waals surface area contributed by atoms with Gasteiger partial charge in [0.15, 0.2) is 5.00 Å². The van der Waals surface area contributed by atoms with Crippen LogP contribution in [0.2, 0.25) is 0 Å². The van der Waals surface area contributed by atoms with E-state index in [9.17, 15) is 4.79 Å². The molecule has 0 N–H and O–H groups in total. The molecular formula is C10H19ClN2O2. The van der Waals surface area contributed by atoms with Crippen molar-refractivity contribution in [2.75, 3.05) is 6.61 Å². The second-order valence-electron chi connectivity index (χ2n) is 4.50. The fourth-order valence-electron chi connectivity index (χ4n) is 0.765. The van der Waals surface area contributed by atoms with Gasteiger partial charge in [0.2, 0.25) is 0 Å². The van der Waals surface area contributed by atoms with E-state index < -0.39 is 5.00 Å². The van der Waals surface area contributed by atoms with Crippen molar-refractivity contribution in [2.45, 2.75) is 51.6 Å². The van der Waals surface area contributed by atoms with E-state index in [0.29, 0.717) is 6.61 Å². The van der Waals surface area contributed by atoms with Crippen LogP contribution in [0.1, 0.15) is 41.0 Å². The quantitative estimate of drug-likeness (QED) is 0.325. The van der Waals surface area contributed by atoms with Crippen LogP contribution < -0.4 is 0 Å². The normalized spacial score (nSPS) is 16.4. The van der Waals surface area contributed by atoms with E-state index in [4.69, 9.17) is 16.3 Å². The molecule has 0 saturated carbocycles. The summed E-state index contributed by atoms with van der Waals surface area (Å²) < 4.78 is 4.78. The predicted octanol–water partition coefficient (Wildman–Crippen LogP) is 3.15. The Balaban J connectivity index is 4.30. The van der Waals surface area contributed by atoms with Crippen LogP contribution in [0.4, 0.5) is 0 Å². The second-order valence-corrected chi connectivity index (χ2v) is 5.31. The Hall–Kier alpha value is -0.640. The Labute approximate surface area is 96.0 Å². The first-order chi connectivity index (χ1) is 6.66. The molecule has 0 radical (unpaired) electrons. The number of rotatable bonds is 4. The summed E-state index contributed by atoms with van der Waals surface area (Å²) in [5, 5.41) is 7.97. The zero-order chi connectivity index (χ0) is 12.1. The van der Waals surface area contributed by atoms with Crippen LogP contribution in [-0.2, 0) is 9.53 Å². The third kappa shape index (κ3) is 8.36. The van der Waals surface area contributed by atoms with Crippen molar-refractivity contribution in [1.82, 2.24) is 0 Å². The van der Waals surface area contributed by atoms with Crippen molar-refractivity contribution in [3.05, 3.63) is 0 Å². The Bertz CT molecular complexity index is 244. The van der Waals surface area contributed by atoms with Crippen molar-refractivity contribution >= 4 is 17.6 Å². The highest BCUT2D eigenvalue weighted by molar-refractivity contribution is 6.24. The number of carbonyl (C=O) groups is 1. The number of carbonyl (C=O) groups excluding carboxylic acids is 1. The van der Waals surface area contributed by atoms with Gasteiger partial charge in [0, 0.05) is 0 Å². The summed E-state index contributed by atoms with van der Waals surface area (Å²) >= 11 is 6.01. The molecule has 0 amide bonds. The van der Waals surface area contributed by atoms with Gasteiger partial charge in [0.05, 0.1) is 18.6 Å². The molecule has 0 aliphatic heterocycles. The average Bonchev–Trinajstić information content (AvgIpc) is 1.99. The van der Waals surface area contributed by atoms with Crippen LogP contribution in [0.3, 0.4) is 0 Å². The molecule has 15 heavy (non-hydrogen) atoms. The number of azo groups is 1. The van der Waals surface area contributed by atoms with E-state index in [1.54, 1.807) is 13.8 Å². The van der Waals surface area contributed by atoms with Gasteiger partial charge in [-0.25, -0.2) is 0 Å². The number of hydrogen-bond acceptors (Lipinski definition) is 4. The first kappa shape index (κ1) is 14.4. The molecule has 0 fully saturated rings. The molecule has 0 bridgehead atoms. The van der Waals surface area contributed by atoms with Crippen molar-refractivity contribution in [1.29, 1.82) is 0 Å². The maximum absolute atomic E-state index is 11.2. The topological polar surface area (TPSA) is 51.0 Å². The highest BCUT2D eigenvalue weighted by atomic mass is 35.5. The van der Waals surface area contributed by atoms with Crippen molar-refractivity contribution in [3.63, 3.8) is 0 Å².